The van der Waals surface area contributed by atoms with Gasteiger partial charge in [0.2, 0.25) is 11.8 Å². The van der Waals surface area contributed by atoms with Crippen LogP contribution in [0.3, 0.4) is 0 Å². The zero-order chi connectivity index (χ0) is 25.0. The summed E-state index contributed by atoms with van der Waals surface area (Å²) < 4.78 is 0. The van der Waals surface area contributed by atoms with Crippen LogP contribution in [0.15, 0.2) is 84.9 Å². The number of aryl methyl sites for hydroxylation is 1. The molecule has 0 heterocycles. The van der Waals surface area contributed by atoms with Crippen LogP contribution in [0.5, 0.6) is 0 Å². The summed E-state index contributed by atoms with van der Waals surface area (Å²) in [6, 6.07) is 27.7. The molecule has 0 saturated carbocycles. The Kier molecular flexibility index (Phi) is 10.4. The van der Waals surface area contributed by atoms with Crippen LogP contribution in [0.1, 0.15) is 42.5 Å². The third-order valence-electron chi connectivity index (χ3n) is 6.08. The predicted octanol–water partition coefficient (Wildman–Crippen LogP) is 5.78. The molecule has 35 heavy (non-hydrogen) atoms. The second kappa shape index (κ2) is 13.7. The number of nitrogens with zero attached hydrogens (tertiary/aromatic N) is 1. The number of thioether (sulfide) groups is 1. The summed E-state index contributed by atoms with van der Waals surface area (Å²) in [5.41, 5.74) is 4.41. The van der Waals surface area contributed by atoms with E-state index in [4.69, 9.17) is 0 Å². The molecular formula is C30H36N2O2S. The number of nitrogens with one attached hydrogen (secondary N) is 1. The Morgan fingerprint density at radius 3 is 2.06 bits per heavy atom. The number of hydrogen-bond acceptors (Lipinski definition) is 3. The molecule has 3 aromatic rings. The molecule has 0 aromatic heterocycles. The Morgan fingerprint density at radius 2 is 1.46 bits per heavy atom. The second-order valence-corrected chi connectivity index (χ2v) is 9.99. The summed E-state index contributed by atoms with van der Waals surface area (Å²) >= 11 is 1.59. The van der Waals surface area contributed by atoms with Gasteiger partial charge in [-0.2, -0.15) is 0 Å². The van der Waals surface area contributed by atoms with Crippen molar-refractivity contribution in [3.05, 3.63) is 107 Å². The van der Waals surface area contributed by atoms with Crippen molar-refractivity contribution in [2.75, 3.05) is 5.75 Å². The van der Waals surface area contributed by atoms with Gasteiger partial charge in [0.05, 0.1) is 5.75 Å². The smallest absolute Gasteiger partial charge is 0.243 e. The zero-order valence-electron chi connectivity index (χ0n) is 20.9. The van der Waals surface area contributed by atoms with Crippen molar-refractivity contribution >= 4 is 23.6 Å². The van der Waals surface area contributed by atoms with Gasteiger partial charge in [0.15, 0.2) is 0 Å². The van der Waals surface area contributed by atoms with Gasteiger partial charge in [0.1, 0.15) is 6.04 Å². The number of hydrogen-bond donors (Lipinski definition) is 1. The molecule has 2 atom stereocenters. The average Bonchev–Trinajstić information content (AvgIpc) is 2.88. The summed E-state index contributed by atoms with van der Waals surface area (Å²) in [7, 11) is 0. The van der Waals surface area contributed by atoms with E-state index in [1.165, 1.54) is 11.1 Å². The normalized spacial score (nSPS) is 12.5. The van der Waals surface area contributed by atoms with Gasteiger partial charge in [-0.25, -0.2) is 0 Å². The van der Waals surface area contributed by atoms with E-state index in [9.17, 15) is 9.59 Å². The average molecular weight is 489 g/mol. The maximum Gasteiger partial charge on any atom is 0.243 e. The third-order valence-corrected chi connectivity index (χ3v) is 7.07. The standard InChI is InChI=1S/C30H36N2O2S/c1-4-24(3)31-30(34)28(19-25-11-7-5-8-12-25)32(20-26-17-15-23(2)16-18-26)29(33)22-35-21-27-13-9-6-10-14-27/h5-18,24,28H,4,19-22H2,1-3H3,(H,31,34)/t24-,28+/m0/s1. The van der Waals surface area contributed by atoms with Crippen LogP contribution >= 0.6 is 11.8 Å². The summed E-state index contributed by atoms with van der Waals surface area (Å²) in [5, 5.41) is 3.12. The molecule has 0 fully saturated rings. The molecule has 0 saturated heterocycles. The lowest BCUT2D eigenvalue weighted by molar-refractivity contribution is -0.139. The van der Waals surface area contributed by atoms with E-state index in [1.54, 1.807) is 16.7 Å². The molecular weight excluding hydrogens is 452 g/mol. The van der Waals surface area contributed by atoms with Gasteiger partial charge >= 0.3 is 0 Å². The van der Waals surface area contributed by atoms with Crippen molar-refractivity contribution in [2.45, 2.75) is 58.0 Å². The van der Waals surface area contributed by atoms with Crippen molar-refractivity contribution in [1.82, 2.24) is 10.2 Å². The van der Waals surface area contributed by atoms with E-state index in [1.807, 2.05) is 93.6 Å². The highest BCUT2D eigenvalue weighted by atomic mass is 32.2. The first-order chi connectivity index (χ1) is 17.0. The summed E-state index contributed by atoms with van der Waals surface area (Å²) in [5.74, 6) is 0.958. The van der Waals surface area contributed by atoms with Crippen molar-refractivity contribution in [3.8, 4) is 0 Å². The first-order valence-corrected chi connectivity index (χ1v) is 13.4. The van der Waals surface area contributed by atoms with Gasteiger partial charge in [-0.1, -0.05) is 97.4 Å². The highest BCUT2D eigenvalue weighted by Crippen LogP contribution is 2.19. The van der Waals surface area contributed by atoms with E-state index in [0.29, 0.717) is 18.7 Å². The Labute approximate surface area is 214 Å². The van der Waals surface area contributed by atoms with Crippen LogP contribution in [-0.4, -0.2) is 34.6 Å². The highest BCUT2D eigenvalue weighted by molar-refractivity contribution is 7.99. The Bertz CT molecular complexity index is 1050. The monoisotopic (exact) mass is 488 g/mol. The lowest BCUT2D eigenvalue weighted by Gasteiger charge is -2.32. The number of carbonyl (C=O) groups excluding carboxylic acids is 2. The predicted molar refractivity (Wildman–Crippen MR) is 146 cm³/mol. The fourth-order valence-electron chi connectivity index (χ4n) is 3.80. The fraction of sp³-hybridized carbons (Fsp3) is 0.333. The Hall–Kier alpha value is -3.05. The minimum atomic E-state index is -0.586. The lowest BCUT2D eigenvalue weighted by atomic mass is 10.0. The molecule has 0 unspecified atom stereocenters. The molecule has 1 N–H and O–H groups in total. The quantitative estimate of drug-likeness (QED) is 0.351. The summed E-state index contributed by atoms with van der Waals surface area (Å²) in [4.78, 5) is 28.9. The van der Waals surface area contributed by atoms with E-state index < -0.39 is 6.04 Å². The molecule has 0 aliphatic rings. The molecule has 0 aliphatic heterocycles. The molecule has 3 rings (SSSR count). The number of amides is 2. The van der Waals surface area contributed by atoms with Crippen LogP contribution < -0.4 is 5.32 Å². The molecule has 5 heteroatoms. The zero-order valence-corrected chi connectivity index (χ0v) is 21.8. The molecule has 3 aromatic carbocycles. The van der Waals surface area contributed by atoms with Gasteiger partial charge in [0, 0.05) is 24.8 Å². The van der Waals surface area contributed by atoms with Crippen LogP contribution in [0.25, 0.3) is 0 Å². The van der Waals surface area contributed by atoms with Crippen LogP contribution in [0.4, 0.5) is 0 Å². The molecule has 0 aliphatic carbocycles. The molecule has 0 radical (unpaired) electrons. The number of rotatable bonds is 12. The Morgan fingerprint density at radius 1 is 0.857 bits per heavy atom. The maximum absolute atomic E-state index is 13.6. The first kappa shape index (κ1) is 26.6. The summed E-state index contributed by atoms with van der Waals surface area (Å²) in [6.07, 6.45) is 1.31. The maximum atomic E-state index is 13.6. The molecule has 0 spiro atoms. The first-order valence-electron chi connectivity index (χ1n) is 12.3. The summed E-state index contributed by atoms with van der Waals surface area (Å²) in [6.45, 7) is 6.49. The highest BCUT2D eigenvalue weighted by Gasteiger charge is 2.30. The lowest BCUT2D eigenvalue weighted by Crippen LogP contribution is -2.52. The molecule has 4 nitrogen and oxygen atoms in total. The SMILES string of the molecule is CC[C@H](C)NC(=O)[C@@H](Cc1ccccc1)N(Cc1ccc(C)cc1)C(=O)CSCc1ccccc1. The molecule has 184 valence electrons. The van der Waals surface area contributed by atoms with Gasteiger partial charge in [-0.05, 0) is 37.0 Å². The van der Waals surface area contributed by atoms with Crippen molar-refractivity contribution in [1.29, 1.82) is 0 Å². The van der Waals surface area contributed by atoms with E-state index in [2.05, 4.69) is 17.4 Å². The van der Waals surface area contributed by atoms with E-state index in [-0.39, 0.29) is 17.9 Å². The third kappa shape index (κ3) is 8.59. The largest absolute Gasteiger partial charge is 0.352 e. The van der Waals surface area contributed by atoms with Crippen LogP contribution in [-0.2, 0) is 28.3 Å². The Balaban J connectivity index is 1.85. The minimum absolute atomic E-state index is 0.0215. The van der Waals surface area contributed by atoms with Crippen molar-refractivity contribution < 1.29 is 9.59 Å². The minimum Gasteiger partial charge on any atom is -0.352 e. The number of carbonyl (C=O) groups is 2. The van der Waals surface area contributed by atoms with Gasteiger partial charge < -0.3 is 10.2 Å². The van der Waals surface area contributed by atoms with Crippen molar-refractivity contribution in [2.24, 2.45) is 0 Å². The van der Waals surface area contributed by atoms with Gasteiger partial charge in [-0.15, -0.1) is 11.8 Å². The van der Waals surface area contributed by atoms with Gasteiger partial charge in [0.25, 0.3) is 0 Å². The van der Waals surface area contributed by atoms with Gasteiger partial charge in [-0.3, -0.25) is 9.59 Å². The molecule has 0 bridgehead atoms. The van der Waals surface area contributed by atoms with Crippen LogP contribution in [0, 0.1) is 6.92 Å². The second-order valence-electron chi connectivity index (χ2n) is 9.01. The molecule has 2 amide bonds. The van der Waals surface area contributed by atoms with E-state index >= 15 is 0 Å². The number of benzene rings is 3. The van der Waals surface area contributed by atoms with Crippen molar-refractivity contribution in [3.63, 3.8) is 0 Å². The topological polar surface area (TPSA) is 49.4 Å². The van der Waals surface area contributed by atoms with E-state index in [0.717, 1.165) is 23.3 Å². The van der Waals surface area contributed by atoms with Crippen LogP contribution in [0.2, 0.25) is 0 Å². The fourth-order valence-corrected chi connectivity index (χ4v) is 4.67.